The Morgan fingerprint density at radius 1 is 1.17 bits per heavy atom. The van der Waals surface area contributed by atoms with E-state index in [4.69, 9.17) is 21.4 Å². The van der Waals surface area contributed by atoms with Crippen LogP contribution in [0.4, 0.5) is 0 Å². The minimum atomic E-state index is -4.10. The molecule has 1 aromatic rings. The molecular formula is C6H6ClCuO3P. The topological polar surface area (TPSA) is 57.5 Å². The van der Waals surface area contributed by atoms with Crippen molar-refractivity contribution in [3.63, 3.8) is 0 Å². The summed E-state index contributed by atoms with van der Waals surface area (Å²) >= 11 is 5.51. The van der Waals surface area contributed by atoms with Gasteiger partial charge in [0, 0.05) is 22.1 Å². The fourth-order valence-electron chi connectivity index (χ4n) is 0.635. The van der Waals surface area contributed by atoms with Crippen molar-refractivity contribution in [3.8, 4) is 0 Å². The van der Waals surface area contributed by atoms with Gasteiger partial charge in [-0.05, 0) is 24.3 Å². The molecule has 0 fully saturated rings. The van der Waals surface area contributed by atoms with Gasteiger partial charge in [0.15, 0.2) is 0 Å². The van der Waals surface area contributed by atoms with Crippen LogP contribution in [0.15, 0.2) is 24.3 Å². The Hall–Kier alpha value is 0.179. The van der Waals surface area contributed by atoms with Crippen LogP contribution in [0.5, 0.6) is 0 Å². The molecule has 0 aromatic heterocycles. The van der Waals surface area contributed by atoms with Gasteiger partial charge in [-0.2, -0.15) is 0 Å². The van der Waals surface area contributed by atoms with Gasteiger partial charge in [0.25, 0.3) is 0 Å². The van der Waals surface area contributed by atoms with Gasteiger partial charge in [-0.1, -0.05) is 11.6 Å². The monoisotopic (exact) mass is 255 g/mol. The van der Waals surface area contributed by atoms with Crippen LogP contribution in [-0.4, -0.2) is 9.79 Å². The minimum absolute atomic E-state index is 0. The Balaban J connectivity index is 0.00000121. The van der Waals surface area contributed by atoms with Crippen LogP contribution in [0, 0.1) is 0 Å². The van der Waals surface area contributed by atoms with E-state index < -0.39 is 7.60 Å². The summed E-state index contributed by atoms with van der Waals surface area (Å²) in [4.78, 5) is 17.3. The maximum Gasteiger partial charge on any atom is 0.356 e. The molecule has 71 valence electrons. The first kappa shape index (κ1) is 12.2. The summed E-state index contributed by atoms with van der Waals surface area (Å²) in [5.74, 6) is 0. The van der Waals surface area contributed by atoms with E-state index in [1.807, 2.05) is 0 Å². The van der Waals surface area contributed by atoms with Crippen molar-refractivity contribution in [1.82, 2.24) is 0 Å². The van der Waals surface area contributed by atoms with Crippen molar-refractivity contribution >= 4 is 24.5 Å². The quantitative estimate of drug-likeness (QED) is 0.585. The van der Waals surface area contributed by atoms with Crippen molar-refractivity contribution in [2.75, 3.05) is 0 Å². The van der Waals surface area contributed by atoms with E-state index in [1.54, 1.807) is 0 Å². The van der Waals surface area contributed by atoms with Gasteiger partial charge < -0.3 is 9.79 Å². The van der Waals surface area contributed by atoms with Gasteiger partial charge in [-0.25, -0.2) is 0 Å². The molecule has 3 nitrogen and oxygen atoms in total. The largest absolute Gasteiger partial charge is 0.356 e. The van der Waals surface area contributed by atoms with Gasteiger partial charge in [-0.3, -0.25) is 4.57 Å². The zero-order valence-electron chi connectivity index (χ0n) is 5.74. The van der Waals surface area contributed by atoms with Gasteiger partial charge >= 0.3 is 7.60 Å². The molecule has 0 saturated carbocycles. The summed E-state index contributed by atoms with van der Waals surface area (Å²) in [5.41, 5.74) is 0. The molecule has 0 saturated heterocycles. The van der Waals surface area contributed by atoms with E-state index in [9.17, 15) is 4.57 Å². The van der Waals surface area contributed by atoms with Crippen molar-refractivity contribution in [1.29, 1.82) is 0 Å². The second kappa shape index (κ2) is 4.43. The summed E-state index contributed by atoms with van der Waals surface area (Å²) in [6, 6.07) is 5.50. The number of hydrogen-bond acceptors (Lipinski definition) is 1. The van der Waals surface area contributed by atoms with Gasteiger partial charge in [0.2, 0.25) is 0 Å². The first-order valence-electron chi connectivity index (χ1n) is 2.82. The molecule has 12 heavy (non-hydrogen) atoms. The van der Waals surface area contributed by atoms with E-state index in [1.165, 1.54) is 24.3 Å². The van der Waals surface area contributed by atoms with Crippen LogP contribution in [0.3, 0.4) is 0 Å². The number of benzene rings is 1. The molecule has 0 spiro atoms. The van der Waals surface area contributed by atoms with Crippen molar-refractivity contribution < 1.29 is 31.4 Å². The Bertz CT molecular complexity index is 294. The summed E-state index contributed by atoms with van der Waals surface area (Å²) in [6.45, 7) is 0. The third kappa shape index (κ3) is 3.28. The Morgan fingerprint density at radius 3 is 1.92 bits per heavy atom. The average molecular weight is 256 g/mol. The zero-order valence-corrected chi connectivity index (χ0v) is 8.33. The Kier molecular flexibility index (Phi) is 4.49. The number of halogens is 1. The Morgan fingerprint density at radius 2 is 1.58 bits per heavy atom. The molecule has 1 rings (SSSR count). The number of hydrogen-bond donors (Lipinski definition) is 2. The van der Waals surface area contributed by atoms with Crippen LogP contribution in [0.1, 0.15) is 0 Å². The zero-order chi connectivity index (χ0) is 8.48. The fourth-order valence-corrected chi connectivity index (χ4v) is 1.30. The Labute approximate surface area is 85.4 Å². The molecule has 0 bridgehead atoms. The van der Waals surface area contributed by atoms with E-state index >= 15 is 0 Å². The van der Waals surface area contributed by atoms with Crippen molar-refractivity contribution in [2.45, 2.75) is 0 Å². The first-order chi connectivity index (χ1) is 5.00. The third-order valence-electron chi connectivity index (χ3n) is 1.16. The smallest absolute Gasteiger partial charge is 0.321 e. The molecule has 0 heterocycles. The van der Waals surface area contributed by atoms with Crippen LogP contribution >= 0.6 is 19.2 Å². The second-order valence-corrected chi connectivity index (χ2v) is 4.06. The number of rotatable bonds is 1. The molecule has 0 aliphatic heterocycles. The van der Waals surface area contributed by atoms with E-state index in [2.05, 4.69) is 0 Å². The molecule has 0 amide bonds. The SMILES string of the molecule is O=P(O)(O)c1ccc(Cl)cc1.[Cu]. The molecule has 0 aliphatic carbocycles. The maximum atomic E-state index is 10.6. The summed E-state index contributed by atoms with van der Waals surface area (Å²) < 4.78 is 10.6. The molecule has 2 N–H and O–H groups in total. The van der Waals surface area contributed by atoms with Crippen LogP contribution in [-0.2, 0) is 21.6 Å². The molecule has 6 heteroatoms. The van der Waals surface area contributed by atoms with E-state index in [-0.39, 0.29) is 22.4 Å². The normalized spacial score (nSPS) is 10.6. The predicted molar refractivity (Wildman–Crippen MR) is 43.1 cm³/mol. The summed E-state index contributed by atoms with van der Waals surface area (Å²) in [7, 11) is -4.10. The van der Waals surface area contributed by atoms with Gasteiger partial charge in [0.1, 0.15) is 0 Å². The van der Waals surface area contributed by atoms with Crippen LogP contribution in [0.2, 0.25) is 5.02 Å². The van der Waals surface area contributed by atoms with Gasteiger partial charge in [0.05, 0.1) is 5.30 Å². The maximum absolute atomic E-state index is 10.6. The van der Waals surface area contributed by atoms with Crippen molar-refractivity contribution in [2.24, 2.45) is 0 Å². The summed E-state index contributed by atoms with van der Waals surface area (Å²) in [6.07, 6.45) is 0. The predicted octanol–water partition coefficient (Wildman–Crippen LogP) is 1.14. The standard InChI is InChI=1S/C6H6ClO3P.Cu/c7-5-1-3-6(4-2-5)11(8,9)10;/h1-4H,(H2,8,9,10);. The average Bonchev–Trinajstić information content (AvgIpc) is 1.86. The molecule has 1 radical (unpaired) electrons. The van der Waals surface area contributed by atoms with E-state index in [0.717, 1.165) is 0 Å². The van der Waals surface area contributed by atoms with E-state index in [0.29, 0.717) is 5.02 Å². The molecule has 1 aromatic carbocycles. The fraction of sp³-hybridized carbons (Fsp3) is 0. The van der Waals surface area contributed by atoms with Crippen LogP contribution in [0.25, 0.3) is 0 Å². The molecule has 0 aliphatic rings. The van der Waals surface area contributed by atoms with Crippen LogP contribution < -0.4 is 5.30 Å². The first-order valence-corrected chi connectivity index (χ1v) is 4.81. The minimum Gasteiger partial charge on any atom is -0.321 e. The molecule has 0 atom stereocenters. The molecule has 0 unspecified atom stereocenters. The molecular weight excluding hydrogens is 250 g/mol. The van der Waals surface area contributed by atoms with Gasteiger partial charge in [-0.15, -0.1) is 0 Å². The summed E-state index contributed by atoms with van der Waals surface area (Å²) in [5, 5.41) is 0.448. The second-order valence-electron chi connectivity index (χ2n) is 2.02. The third-order valence-corrected chi connectivity index (χ3v) is 2.39. The van der Waals surface area contributed by atoms with Crippen molar-refractivity contribution in [3.05, 3.63) is 29.3 Å².